The first kappa shape index (κ1) is 12.1. The van der Waals surface area contributed by atoms with E-state index in [1.807, 2.05) is 23.1 Å². The summed E-state index contributed by atoms with van der Waals surface area (Å²) < 4.78 is 10.6. The molecule has 0 amide bonds. The average Bonchev–Trinajstić information content (AvgIpc) is 2.86. The molecule has 5 nitrogen and oxygen atoms in total. The fourth-order valence-electron chi connectivity index (χ4n) is 1.82. The zero-order chi connectivity index (χ0) is 12.8. The second-order valence-corrected chi connectivity index (χ2v) is 3.84. The van der Waals surface area contributed by atoms with E-state index >= 15 is 0 Å². The molecule has 1 heterocycles. The summed E-state index contributed by atoms with van der Waals surface area (Å²) >= 11 is 0. The highest BCUT2D eigenvalue weighted by molar-refractivity contribution is 5.57. The molecule has 0 spiro atoms. The van der Waals surface area contributed by atoms with Crippen molar-refractivity contribution in [2.75, 3.05) is 24.8 Å². The Hall–Kier alpha value is -2.40. The van der Waals surface area contributed by atoms with Crippen molar-refractivity contribution in [3.8, 4) is 23.6 Å². The van der Waals surface area contributed by atoms with E-state index in [1.165, 1.54) is 0 Å². The number of ether oxygens (including phenoxy) is 2. The lowest BCUT2D eigenvalue weighted by Gasteiger charge is -2.22. The fraction of sp³-hybridized carbons (Fsp3) is 0.385. The van der Waals surface area contributed by atoms with E-state index in [1.54, 1.807) is 0 Å². The highest BCUT2D eigenvalue weighted by Crippen LogP contribution is 2.35. The van der Waals surface area contributed by atoms with Crippen LogP contribution in [0, 0.1) is 22.7 Å². The number of benzene rings is 1. The number of fused-ring (bicyclic) bond motifs is 1. The molecule has 1 aromatic carbocycles. The Balaban J connectivity index is 2.14. The van der Waals surface area contributed by atoms with E-state index in [4.69, 9.17) is 20.0 Å². The molecule has 0 saturated carbocycles. The van der Waals surface area contributed by atoms with Gasteiger partial charge >= 0.3 is 0 Å². The minimum Gasteiger partial charge on any atom is -0.454 e. The van der Waals surface area contributed by atoms with Crippen molar-refractivity contribution in [1.29, 1.82) is 10.5 Å². The van der Waals surface area contributed by atoms with E-state index < -0.39 is 0 Å². The maximum Gasteiger partial charge on any atom is 0.231 e. The van der Waals surface area contributed by atoms with Gasteiger partial charge in [0.05, 0.1) is 25.0 Å². The van der Waals surface area contributed by atoms with Crippen LogP contribution in [-0.2, 0) is 0 Å². The van der Waals surface area contributed by atoms with Crippen LogP contribution in [0.1, 0.15) is 12.8 Å². The molecular formula is C13H13N3O2. The average molecular weight is 243 g/mol. The molecule has 0 atom stereocenters. The molecular weight excluding hydrogens is 230 g/mol. The van der Waals surface area contributed by atoms with Gasteiger partial charge in [0.2, 0.25) is 6.79 Å². The summed E-state index contributed by atoms with van der Waals surface area (Å²) in [4.78, 5) is 2.01. The molecule has 0 aliphatic carbocycles. The van der Waals surface area contributed by atoms with Crippen molar-refractivity contribution >= 4 is 5.69 Å². The SMILES string of the molecule is N#CCCN(CCC#N)c1ccc2c(c1)OCO2. The highest BCUT2D eigenvalue weighted by Gasteiger charge is 2.15. The van der Waals surface area contributed by atoms with Gasteiger partial charge in [-0.2, -0.15) is 10.5 Å². The molecule has 0 radical (unpaired) electrons. The van der Waals surface area contributed by atoms with Crippen molar-refractivity contribution in [3.05, 3.63) is 18.2 Å². The third-order valence-corrected chi connectivity index (χ3v) is 2.71. The Kier molecular flexibility index (Phi) is 3.88. The number of nitriles is 2. The molecule has 1 aliphatic heterocycles. The summed E-state index contributed by atoms with van der Waals surface area (Å²) in [6.07, 6.45) is 0.861. The standard InChI is InChI=1S/C13H13N3O2/c14-5-1-7-16(8-2-6-15)11-3-4-12-13(9-11)18-10-17-12/h3-4,9H,1-2,7-8,10H2. The maximum atomic E-state index is 8.66. The van der Waals surface area contributed by atoms with Gasteiger partial charge in [-0.25, -0.2) is 0 Å². The van der Waals surface area contributed by atoms with Gasteiger partial charge in [0.15, 0.2) is 11.5 Å². The fourth-order valence-corrected chi connectivity index (χ4v) is 1.82. The Bertz CT molecular complexity index is 484. The van der Waals surface area contributed by atoms with Crippen LogP contribution < -0.4 is 14.4 Å². The Morgan fingerprint density at radius 1 is 1.06 bits per heavy atom. The van der Waals surface area contributed by atoms with E-state index in [2.05, 4.69) is 12.1 Å². The quantitative estimate of drug-likeness (QED) is 0.791. The molecule has 0 saturated heterocycles. The largest absolute Gasteiger partial charge is 0.454 e. The van der Waals surface area contributed by atoms with Crippen LogP contribution in [0.5, 0.6) is 11.5 Å². The van der Waals surface area contributed by atoms with Crippen molar-refractivity contribution in [2.45, 2.75) is 12.8 Å². The van der Waals surface area contributed by atoms with E-state index in [9.17, 15) is 0 Å². The molecule has 0 aromatic heterocycles. The van der Waals surface area contributed by atoms with Gasteiger partial charge in [-0.1, -0.05) is 0 Å². The van der Waals surface area contributed by atoms with Crippen LogP contribution in [0.25, 0.3) is 0 Å². The van der Waals surface area contributed by atoms with Gasteiger partial charge < -0.3 is 14.4 Å². The molecule has 92 valence electrons. The third-order valence-electron chi connectivity index (χ3n) is 2.71. The van der Waals surface area contributed by atoms with Crippen LogP contribution in [0.15, 0.2) is 18.2 Å². The molecule has 0 bridgehead atoms. The monoisotopic (exact) mass is 243 g/mol. The molecule has 1 aromatic rings. The van der Waals surface area contributed by atoms with Gasteiger partial charge in [-0.15, -0.1) is 0 Å². The lowest BCUT2D eigenvalue weighted by molar-refractivity contribution is 0.174. The second-order valence-electron chi connectivity index (χ2n) is 3.84. The third kappa shape index (κ3) is 2.64. The van der Waals surface area contributed by atoms with Crippen LogP contribution in [0.2, 0.25) is 0 Å². The predicted octanol–water partition coefficient (Wildman–Crippen LogP) is 2.05. The van der Waals surface area contributed by atoms with Crippen molar-refractivity contribution < 1.29 is 9.47 Å². The summed E-state index contributed by atoms with van der Waals surface area (Å²) in [7, 11) is 0. The first-order valence-electron chi connectivity index (χ1n) is 5.73. The summed E-state index contributed by atoms with van der Waals surface area (Å²) in [5.74, 6) is 1.45. The minimum atomic E-state index is 0.245. The van der Waals surface area contributed by atoms with E-state index in [-0.39, 0.29) is 6.79 Å². The highest BCUT2D eigenvalue weighted by atomic mass is 16.7. The van der Waals surface area contributed by atoms with Crippen LogP contribution in [-0.4, -0.2) is 19.9 Å². The Labute approximate surface area is 106 Å². The number of hydrogen-bond donors (Lipinski definition) is 0. The summed E-state index contributed by atoms with van der Waals surface area (Å²) in [6, 6.07) is 9.89. The molecule has 5 heteroatoms. The van der Waals surface area contributed by atoms with Crippen molar-refractivity contribution in [1.82, 2.24) is 0 Å². The minimum absolute atomic E-state index is 0.245. The van der Waals surface area contributed by atoms with Gasteiger partial charge in [0.1, 0.15) is 0 Å². The number of anilines is 1. The van der Waals surface area contributed by atoms with Crippen LogP contribution >= 0.6 is 0 Å². The lowest BCUT2D eigenvalue weighted by atomic mass is 10.2. The van der Waals surface area contributed by atoms with Crippen LogP contribution in [0.4, 0.5) is 5.69 Å². The van der Waals surface area contributed by atoms with Crippen molar-refractivity contribution in [3.63, 3.8) is 0 Å². The molecule has 0 unspecified atom stereocenters. The van der Waals surface area contributed by atoms with Crippen molar-refractivity contribution in [2.24, 2.45) is 0 Å². The molecule has 18 heavy (non-hydrogen) atoms. The van der Waals surface area contributed by atoms with Gasteiger partial charge in [-0.05, 0) is 12.1 Å². The number of nitrogens with zero attached hydrogens (tertiary/aromatic N) is 3. The first-order chi connectivity index (χ1) is 8.85. The Morgan fingerprint density at radius 2 is 1.72 bits per heavy atom. The van der Waals surface area contributed by atoms with Gasteiger partial charge in [-0.3, -0.25) is 0 Å². The maximum absolute atomic E-state index is 8.66. The zero-order valence-corrected chi connectivity index (χ0v) is 9.93. The Morgan fingerprint density at radius 3 is 2.39 bits per heavy atom. The summed E-state index contributed by atoms with van der Waals surface area (Å²) in [5, 5.41) is 17.3. The normalized spacial score (nSPS) is 11.7. The number of rotatable bonds is 5. The van der Waals surface area contributed by atoms with E-state index in [0.29, 0.717) is 31.7 Å². The zero-order valence-electron chi connectivity index (χ0n) is 9.93. The molecule has 1 aliphatic rings. The molecule has 2 rings (SSSR count). The first-order valence-corrected chi connectivity index (χ1v) is 5.73. The number of hydrogen-bond acceptors (Lipinski definition) is 5. The second kappa shape index (κ2) is 5.79. The smallest absolute Gasteiger partial charge is 0.231 e. The summed E-state index contributed by atoms with van der Waals surface area (Å²) in [5.41, 5.74) is 0.949. The predicted molar refractivity (Wildman–Crippen MR) is 65.2 cm³/mol. The van der Waals surface area contributed by atoms with Crippen LogP contribution in [0.3, 0.4) is 0 Å². The van der Waals surface area contributed by atoms with E-state index in [0.717, 1.165) is 11.4 Å². The summed E-state index contributed by atoms with van der Waals surface area (Å²) in [6.45, 7) is 1.46. The topological polar surface area (TPSA) is 69.3 Å². The van der Waals surface area contributed by atoms with Gasteiger partial charge in [0, 0.05) is 24.8 Å². The lowest BCUT2D eigenvalue weighted by Crippen LogP contribution is -2.25. The molecule has 0 N–H and O–H groups in total. The van der Waals surface area contributed by atoms with Gasteiger partial charge in [0.25, 0.3) is 0 Å². The molecule has 0 fully saturated rings.